The highest BCUT2D eigenvalue weighted by molar-refractivity contribution is 5.74. The van der Waals surface area contributed by atoms with Crippen LogP contribution in [0.25, 0.3) is 11.0 Å². The summed E-state index contributed by atoms with van der Waals surface area (Å²) in [4.78, 5) is 10.3. The fraction of sp³-hybridized carbons (Fsp3) is 0.417. The predicted octanol–water partition coefficient (Wildman–Crippen LogP) is 1.10. The van der Waals surface area contributed by atoms with Crippen molar-refractivity contribution in [2.24, 2.45) is 5.73 Å². The molecule has 4 nitrogen and oxygen atoms in total. The van der Waals surface area contributed by atoms with E-state index in [2.05, 4.69) is 20.9 Å². The average molecular weight is 216 g/mol. The number of benzene rings is 1. The van der Waals surface area contributed by atoms with E-state index in [-0.39, 0.29) is 0 Å². The normalized spacial score (nSPS) is 21.9. The van der Waals surface area contributed by atoms with Crippen molar-refractivity contribution in [3.05, 3.63) is 30.1 Å². The van der Waals surface area contributed by atoms with Crippen LogP contribution in [0.5, 0.6) is 0 Å². The van der Waals surface area contributed by atoms with Gasteiger partial charge in [0.25, 0.3) is 0 Å². The van der Waals surface area contributed by atoms with Crippen molar-refractivity contribution in [3.63, 3.8) is 0 Å². The zero-order chi connectivity index (χ0) is 11.0. The van der Waals surface area contributed by atoms with Gasteiger partial charge < -0.3 is 10.7 Å². The van der Waals surface area contributed by atoms with Gasteiger partial charge in [-0.1, -0.05) is 12.1 Å². The van der Waals surface area contributed by atoms with Crippen molar-refractivity contribution in [1.82, 2.24) is 14.9 Å². The molecule has 0 saturated carbocycles. The highest BCUT2D eigenvalue weighted by atomic mass is 15.2. The summed E-state index contributed by atoms with van der Waals surface area (Å²) in [7, 11) is 0. The second-order valence-electron chi connectivity index (χ2n) is 4.48. The number of nitrogens with zero attached hydrogens (tertiary/aromatic N) is 2. The van der Waals surface area contributed by atoms with Gasteiger partial charge in [-0.2, -0.15) is 0 Å². The van der Waals surface area contributed by atoms with Gasteiger partial charge in [-0.3, -0.25) is 4.90 Å². The van der Waals surface area contributed by atoms with Crippen LogP contribution in [0.3, 0.4) is 0 Å². The molecule has 1 fully saturated rings. The van der Waals surface area contributed by atoms with E-state index < -0.39 is 0 Å². The Balaban J connectivity index is 1.79. The number of nitrogens with one attached hydrogen (secondary N) is 1. The molecule has 1 saturated heterocycles. The number of hydrogen-bond acceptors (Lipinski definition) is 3. The number of fused-ring (bicyclic) bond motifs is 1. The summed E-state index contributed by atoms with van der Waals surface area (Å²) in [5.74, 6) is 1.04. The molecule has 0 radical (unpaired) electrons. The summed E-state index contributed by atoms with van der Waals surface area (Å²) in [6.07, 6.45) is 1.10. The standard InChI is InChI=1S/C12H16N4/c13-9-5-6-16(7-9)8-12-14-10-3-1-2-4-11(10)15-12/h1-4,9H,5-8,13H2,(H,14,15). The van der Waals surface area contributed by atoms with E-state index in [0.717, 1.165) is 42.9 Å². The molecule has 3 rings (SSSR count). The Morgan fingerprint density at radius 1 is 1.44 bits per heavy atom. The lowest BCUT2D eigenvalue weighted by Crippen LogP contribution is -2.26. The van der Waals surface area contributed by atoms with Crippen LogP contribution < -0.4 is 5.73 Å². The summed E-state index contributed by atoms with van der Waals surface area (Å²) >= 11 is 0. The molecule has 1 aromatic heterocycles. The molecular formula is C12H16N4. The third-order valence-corrected chi connectivity index (χ3v) is 3.12. The summed E-state index contributed by atoms with van der Waals surface area (Å²) in [5.41, 5.74) is 8.04. The van der Waals surface area contributed by atoms with Crippen LogP contribution in [0.15, 0.2) is 24.3 Å². The summed E-state index contributed by atoms with van der Waals surface area (Å²) < 4.78 is 0. The molecule has 1 aliphatic rings. The van der Waals surface area contributed by atoms with Crippen molar-refractivity contribution in [1.29, 1.82) is 0 Å². The summed E-state index contributed by atoms with van der Waals surface area (Å²) in [6, 6.07) is 8.46. The summed E-state index contributed by atoms with van der Waals surface area (Å²) in [5, 5.41) is 0. The third-order valence-electron chi connectivity index (χ3n) is 3.12. The smallest absolute Gasteiger partial charge is 0.121 e. The number of likely N-dealkylation sites (tertiary alicyclic amines) is 1. The minimum absolute atomic E-state index is 0.337. The van der Waals surface area contributed by atoms with E-state index >= 15 is 0 Å². The third kappa shape index (κ3) is 1.81. The van der Waals surface area contributed by atoms with Crippen molar-refractivity contribution in [2.75, 3.05) is 13.1 Å². The first-order valence-corrected chi connectivity index (χ1v) is 5.73. The Kier molecular flexibility index (Phi) is 2.38. The molecule has 1 atom stereocenters. The predicted molar refractivity (Wildman–Crippen MR) is 64.0 cm³/mol. The Morgan fingerprint density at radius 3 is 3.06 bits per heavy atom. The molecule has 84 valence electrons. The maximum atomic E-state index is 5.88. The zero-order valence-electron chi connectivity index (χ0n) is 9.19. The second-order valence-corrected chi connectivity index (χ2v) is 4.48. The first-order chi connectivity index (χ1) is 7.81. The van der Waals surface area contributed by atoms with Crippen LogP contribution in [-0.4, -0.2) is 34.0 Å². The molecule has 2 aromatic rings. The highest BCUT2D eigenvalue weighted by Crippen LogP contribution is 2.14. The van der Waals surface area contributed by atoms with Gasteiger partial charge in [-0.15, -0.1) is 0 Å². The molecule has 1 aliphatic heterocycles. The maximum absolute atomic E-state index is 5.88. The number of hydrogen-bond donors (Lipinski definition) is 2. The van der Waals surface area contributed by atoms with E-state index in [1.54, 1.807) is 0 Å². The van der Waals surface area contributed by atoms with Crippen molar-refractivity contribution in [3.8, 4) is 0 Å². The summed E-state index contributed by atoms with van der Waals surface area (Å²) in [6.45, 7) is 2.94. The monoisotopic (exact) mass is 216 g/mol. The molecule has 4 heteroatoms. The molecule has 0 spiro atoms. The number of rotatable bonds is 2. The molecule has 2 heterocycles. The molecule has 16 heavy (non-hydrogen) atoms. The SMILES string of the molecule is NC1CCN(Cc2nc3ccccc3[nH]2)C1. The zero-order valence-corrected chi connectivity index (χ0v) is 9.19. The van der Waals surface area contributed by atoms with Crippen LogP contribution >= 0.6 is 0 Å². The van der Waals surface area contributed by atoms with Gasteiger partial charge in [0.1, 0.15) is 5.82 Å². The number of para-hydroxylation sites is 2. The number of aromatic amines is 1. The average Bonchev–Trinajstić information content (AvgIpc) is 2.84. The first kappa shape index (κ1) is 9.81. The lowest BCUT2D eigenvalue weighted by atomic mass is 10.3. The van der Waals surface area contributed by atoms with E-state index in [4.69, 9.17) is 5.73 Å². The number of aromatic nitrogens is 2. The Morgan fingerprint density at radius 2 is 2.31 bits per heavy atom. The van der Waals surface area contributed by atoms with Gasteiger partial charge in [0.15, 0.2) is 0 Å². The van der Waals surface area contributed by atoms with Crippen LogP contribution in [0.2, 0.25) is 0 Å². The molecule has 0 bridgehead atoms. The Labute approximate surface area is 94.5 Å². The van der Waals surface area contributed by atoms with E-state index in [1.807, 2.05) is 18.2 Å². The molecule has 0 amide bonds. The topological polar surface area (TPSA) is 57.9 Å². The second kappa shape index (κ2) is 3.88. The van der Waals surface area contributed by atoms with Crippen LogP contribution in [0.4, 0.5) is 0 Å². The van der Waals surface area contributed by atoms with Crippen molar-refractivity contribution < 1.29 is 0 Å². The molecule has 1 aromatic carbocycles. The lowest BCUT2D eigenvalue weighted by Gasteiger charge is -2.12. The molecule has 0 aliphatic carbocycles. The number of H-pyrrole nitrogens is 1. The maximum Gasteiger partial charge on any atom is 0.121 e. The minimum Gasteiger partial charge on any atom is -0.341 e. The van der Waals surface area contributed by atoms with Crippen LogP contribution in [0, 0.1) is 0 Å². The fourth-order valence-electron chi connectivity index (χ4n) is 2.30. The quantitative estimate of drug-likeness (QED) is 0.790. The number of nitrogens with two attached hydrogens (primary N) is 1. The fourth-order valence-corrected chi connectivity index (χ4v) is 2.30. The number of imidazole rings is 1. The van der Waals surface area contributed by atoms with Gasteiger partial charge in [-0.25, -0.2) is 4.98 Å². The molecule has 3 N–H and O–H groups in total. The molecule has 1 unspecified atom stereocenters. The van der Waals surface area contributed by atoms with Gasteiger partial charge >= 0.3 is 0 Å². The van der Waals surface area contributed by atoms with Gasteiger partial charge in [0.05, 0.1) is 17.6 Å². The van der Waals surface area contributed by atoms with Crippen molar-refractivity contribution in [2.45, 2.75) is 19.0 Å². The Hall–Kier alpha value is -1.39. The molecular weight excluding hydrogens is 200 g/mol. The van der Waals surface area contributed by atoms with Crippen LogP contribution in [-0.2, 0) is 6.54 Å². The lowest BCUT2D eigenvalue weighted by molar-refractivity contribution is 0.319. The van der Waals surface area contributed by atoms with Gasteiger partial charge in [0, 0.05) is 19.1 Å². The first-order valence-electron chi connectivity index (χ1n) is 5.73. The van der Waals surface area contributed by atoms with Gasteiger partial charge in [0.2, 0.25) is 0 Å². The largest absolute Gasteiger partial charge is 0.341 e. The van der Waals surface area contributed by atoms with Gasteiger partial charge in [-0.05, 0) is 18.6 Å². The highest BCUT2D eigenvalue weighted by Gasteiger charge is 2.19. The van der Waals surface area contributed by atoms with Crippen molar-refractivity contribution >= 4 is 11.0 Å². The van der Waals surface area contributed by atoms with Crippen LogP contribution in [0.1, 0.15) is 12.2 Å². The minimum atomic E-state index is 0.337. The van der Waals surface area contributed by atoms with E-state index in [1.165, 1.54) is 0 Å². The van der Waals surface area contributed by atoms with E-state index in [9.17, 15) is 0 Å². The van der Waals surface area contributed by atoms with E-state index in [0.29, 0.717) is 6.04 Å². The Bertz CT molecular complexity index is 457.